The van der Waals surface area contributed by atoms with Crippen LogP contribution < -0.4 is 0 Å². The van der Waals surface area contributed by atoms with Crippen LogP contribution in [0.1, 0.15) is 45.1 Å². The van der Waals surface area contributed by atoms with Crippen molar-refractivity contribution in [1.29, 1.82) is 0 Å². The Morgan fingerprint density at radius 2 is 1.58 bits per heavy atom. The molecule has 0 N–H and O–H groups in total. The van der Waals surface area contributed by atoms with Crippen LogP contribution in [0, 0.1) is 12.3 Å². The molecule has 0 unspecified atom stereocenters. The molecule has 2 aliphatic rings. The summed E-state index contributed by atoms with van der Waals surface area (Å²) in [5.74, 6) is -0.553. The molecule has 1 aliphatic heterocycles. The van der Waals surface area contributed by atoms with Crippen LogP contribution in [0.2, 0.25) is 0 Å². The molecular formula is C18H26O5S. The molecule has 1 saturated heterocycles. The van der Waals surface area contributed by atoms with Crippen LogP contribution in [-0.4, -0.2) is 33.5 Å². The number of ether oxygens (including phenoxy) is 2. The summed E-state index contributed by atoms with van der Waals surface area (Å²) in [6, 6.07) is 6.73. The number of hydrogen-bond donors (Lipinski definition) is 0. The van der Waals surface area contributed by atoms with Crippen molar-refractivity contribution in [2.45, 2.75) is 63.2 Å². The van der Waals surface area contributed by atoms with Gasteiger partial charge in [0.2, 0.25) is 0 Å². The molecule has 24 heavy (non-hydrogen) atoms. The molecule has 0 amide bonds. The van der Waals surface area contributed by atoms with Crippen LogP contribution in [0.25, 0.3) is 0 Å². The molecule has 134 valence electrons. The van der Waals surface area contributed by atoms with Gasteiger partial charge in [-0.05, 0) is 31.9 Å². The Morgan fingerprint density at radius 1 is 1.04 bits per heavy atom. The van der Waals surface area contributed by atoms with Crippen molar-refractivity contribution in [3.63, 3.8) is 0 Å². The molecule has 1 aromatic carbocycles. The molecule has 0 bridgehead atoms. The molecule has 1 saturated carbocycles. The van der Waals surface area contributed by atoms with E-state index in [1.165, 1.54) is 0 Å². The second-order valence-electron chi connectivity index (χ2n) is 7.72. The molecule has 6 heteroatoms. The predicted octanol–water partition coefficient (Wildman–Crippen LogP) is 3.41. The zero-order valence-electron chi connectivity index (χ0n) is 14.6. The van der Waals surface area contributed by atoms with Crippen molar-refractivity contribution < 1.29 is 22.1 Å². The summed E-state index contributed by atoms with van der Waals surface area (Å²) in [6.07, 6.45) is 2.25. The Balaban J connectivity index is 1.58. The molecular weight excluding hydrogens is 328 g/mol. The lowest BCUT2D eigenvalue weighted by atomic mass is 9.88. The minimum atomic E-state index is -3.72. The smallest absolute Gasteiger partial charge is 0.297 e. The molecule has 0 radical (unpaired) electrons. The summed E-state index contributed by atoms with van der Waals surface area (Å²) in [4.78, 5) is 0.209. The second-order valence-corrected chi connectivity index (χ2v) is 9.29. The third-order valence-electron chi connectivity index (χ3n) is 4.72. The predicted molar refractivity (Wildman–Crippen MR) is 90.1 cm³/mol. The van der Waals surface area contributed by atoms with Crippen molar-refractivity contribution in [3.8, 4) is 0 Å². The van der Waals surface area contributed by atoms with E-state index in [0.717, 1.165) is 5.56 Å². The maximum absolute atomic E-state index is 12.4. The maximum atomic E-state index is 12.4. The second kappa shape index (κ2) is 6.41. The van der Waals surface area contributed by atoms with Crippen LogP contribution in [0.3, 0.4) is 0 Å². The fourth-order valence-electron chi connectivity index (χ4n) is 3.09. The van der Waals surface area contributed by atoms with E-state index in [-0.39, 0.29) is 16.4 Å². The summed E-state index contributed by atoms with van der Waals surface area (Å²) >= 11 is 0. The van der Waals surface area contributed by atoms with Crippen LogP contribution in [-0.2, 0) is 23.8 Å². The van der Waals surface area contributed by atoms with Crippen molar-refractivity contribution >= 4 is 10.1 Å². The first kappa shape index (κ1) is 17.9. The molecule has 3 rings (SSSR count). The van der Waals surface area contributed by atoms with Gasteiger partial charge in [-0.3, -0.25) is 4.18 Å². The van der Waals surface area contributed by atoms with Crippen molar-refractivity contribution in [3.05, 3.63) is 29.8 Å². The van der Waals surface area contributed by atoms with Crippen molar-refractivity contribution in [2.24, 2.45) is 5.41 Å². The first-order chi connectivity index (χ1) is 11.2. The molecule has 0 atom stereocenters. The van der Waals surface area contributed by atoms with E-state index >= 15 is 0 Å². The highest BCUT2D eigenvalue weighted by Crippen LogP contribution is 2.40. The summed E-state index contributed by atoms with van der Waals surface area (Å²) in [6.45, 7) is 7.48. The van der Waals surface area contributed by atoms with Gasteiger partial charge in [0.1, 0.15) is 0 Å². The van der Waals surface area contributed by atoms with Gasteiger partial charge < -0.3 is 9.47 Å². The van der Waals surface area contributed by atoms with Gasteiger partial charge in [0.25, 0.3) is 10.1 Å². The van der Waals surface area contributed by atoms with Gasteiger partial charge in [0, 0.05) is 18.3 Å². The highest BCUT2D eigenvalue weighted by atomic mass is 32.2. The zero-order valence-corrected chi connectivity index (χ0v) is 15.4. The minimum Gasteiger partial charge on any atom is -0.349 e. The van der Waals surface area contributed by atoms with E-state index in [9.17, 15) is 8.42 Å². The van der Waals surface area contributed by atoms with E-state index in [1.54, 1.807) is 24.3 Å². The highest BCUT2D eigenvalue weighted by molar-refractivity contribution is 7.86. The average molecular weight is 354 g/mol. The number of hydrogen-bond acceptors (Lipinski definition) is 5. The van der Waals surface area contributed by atoms with Crippen LogP contribution in [0.5, 0.6) is 0 Å². The van der Waals surface area contributed by atoms with Gasteiger partial charge in [-0.2, -0.15) is 8.42 Å². The molecule has 0 aromatic heterocycles. The largest absolute Gasteiger partial charge is 0.349 e. The first-order valence-electron chi connectivity index (χ1n) is 8.48. The summed E-state index contributed by atoms with van der Waals surface area (Å²) in [5, 5.41) is 0. The topological polar surface area (TPSA) is 61.8 Å². The maximum Gasteiger partial charge on any atom is 0.297 e. The third-order valence-corrected chi connectivity index (χ3v) is 6.09. The Bertz CT molecular complexity index is 658. The Hall–Kier alpha value is -0.950. The van der Waals surface area contributed by atoms with Crippen molar-refractivity contribution in [2.75, 3.05) is 13.2 Å². The normalized spacial score (nSPS) is 24.1. The van der Waals surface area contributed by atoms with Gasteiger partial charge in [-0.15, -0.1) is 0 Å². The first-order valence-corrected chi connectivity index (χ1v) is 9.89. The quantitative estimate of drug-likeness (QED) is 0.779. The number of aryl methyl sites for hydroxylation is 1. The van der Waals surface area contributed by atoms with Gasteiger partial charge in [0.05, 0.1) is 24.2 Å². The van der Waals surface area contributed by atoms with Gasteiger partial charge >= 0.3 is 0 Å². The SMILES string of the molecule is Cc1ccc(S(=O)(=O)OC2CCC3(CC2)OCC(C)(C)CO3)cc1. The third kappa shape index (κ3) is 3.99. The standard InChI is InChI=1S/C18H26O5S/c1-14-4-6-16(7-5-14)24(19,20)23-15-8-10-18(11-9-15)21-12-17(2,3)13-22-18/h4-7,15H,8-13H2,1-3H3. The highest BCUT2D eigenvalue weighted by Gasteiger charge is 2.44. The lowest BCUT2D eigenvalue weighted by Gasteiger charge is -2.46. The monoisotopic (exact) mass is 354 g/mol. The Labute approximate surface area is 144 Å². The molecule has 1 heterocycles. The van der Waals surface area contributed by atoms with Gasteiger partial charge in [-0.1, -0.05) is 31.5 Å². The fraction of sp³-hybridized carbons (Fsp3) is 0.667. The summed E-state index contributed by atoms with van der Waals surface area (Å²) in [5.41, 5.74) is 1.05. The Morgan fingerprint density at radius 3 is 2.12 bits per heavy atom. The van der Waals surface area contributed by atoms with Crippen LogP contribution in [0.15, 0.2) is 29.2 Å². The van der Waals surface area contributed by atoms with E-state index in [0.29, 0.717) is 38.9 Å². The van der Waals surface area contributed by atoms with Gasteiger partial charge in [0.15, 0.2) is 5.79 Å². The van der Waals surface area contributed by atoms with E-state index in [1.807, 2.05) is 6.92 Å². The lowest BCUT2D eigenvalue weighted by molar-refractivity contribution is -0.313. The number of rotatable bonds is 3. The molecule has 1 aliphatic carbocycles. The van der Waals surface area contributed by atoms with E-state index in [2.05, 4.69) is 13.8 Å². The van der Waals surface area contributed by atoms with Gasteiger partial charge in [-0.25, -0.2) is 0 Å². The van der Waals surface area contributed by atoms with E-state index in [4.69, 9.17) is 13.7 Å². The van der Waals surface area contributed by atoms with E-state index < -0.39 is 15.9 Å². The summed E-state index contributed by atoms with van der Waals surface area (Å²) < 4.78 is 42.1. The minimum absolute atomic E-state index is 0.0351. The Kier molecular flexibility index (Phi) is 4.77. The fourth-order valence-corrected chi connectivity index (χ4v) is 4.22. The molecule has 2 fully saturated rings. The van der Waals surface area contributed by atoms with Crippen molar-refractivity contribution in [1.82, 2.24) is 0 Å². The average Bonchev–Trinajstić information content (AvgIpc) is 2.53. The summed E-state index contributed by atoms with van der Waals surface area (Å²) in [7, 11) is -3.72. The molecule has 1 aromatic rings. The molecule has 5 nitrogen and oxygen atoms in total. The zero-order chi connectivity index (χ0) is 17.4. The lowest BCUT2D eigenvalue weighted by Crippen LogP contribution is -2.50. The number of benzene rings is 1. The van der Waals surface area contributed by atoms with Crippen LogP contribution >= 0.6 is 0 Å². The molecule has 1 spiro atoms. The van der Waals surface area contributed by atoms with Crippen LogP contribution in [0.4, 0.5) is 0 Å².